The van der Waals surface area contributed by atoms with E-state index in [9.17, 15) is 14.7 Å². The summed E-state index contributed by atoms with van der Waals surface area (Å²) in [7, 11) is 0. The lowest BCUT2D eigenvalue weighted by atomic mass is 9.86. The van der Waals surface area contributed by atoms with Crippen molar-refractivity contribution in [3.05, 3.63) is 65.3 Å². The van der Waals surface area contributed by atoms with Gasteiger partial charge in [-0.15, -0.1) is 11.3 Å². The number of hydrogen-bond acceptors (Lipinski definition) is 8. The number of aromatic nitrogens is 1. The lowest BCUT2D eigenvalue weighted by Gasteiger charge is -2.28. The van der Waals surface area contributed by atoms with Crippen molar-refractivity contribution in [2.24, 2.45) is 0 Å². The first kappa shape index (κ1) is 31.8. The van der Waals surface area contributed by atoms with Crippen LogP contribution in [-0.2, 0) is 11.3 Å². The molecule has 0 atom stereocenters. The van der Waals surface area contributed by atoms with Crippen LogP contribution in [0.2, 0.25) is 0 Å². The Hall–Kier alpha value is -3.12. The van der Waals surface area contributed by atoms with Crippen molar-refractivity contribution in [3.63, 3.8) is 0 Å². The molecular formula is C31H41N5O4S2. The maximum atomic E-state index is 12.6. The van der Waals surface area contributed by atoms with Gasteiger partial charge in [-0.05, 0) is 83.0 Å². The number of thiazole rings is 1. The fraction of sp³-hybridized carbons (Fsp3) is 0.452. The summed E-state index contributed by atoms with van der Waals surface area (Å²) in [5, 5.41) is 19.7. The average Bonchev–Trinajstić information content (AvgIpc) is 3.46. The summed E-state index contributed by atoms with van der Waals surface area (Å²) in [5.41, 5.74) is 2.20. The second kappa shape index (κ2) is 14.9. The van der Waals surface area contributed by atoms with Crippen molar-refractivity contribution in [2.75, 3.05) is 11.9 Å². The van der Waals surface area contributed by atoms with Gasteiger partial charge in [-0.2, -0.15) is 0 Å². The third-order valence-electron chi connectivity index (χ3n) is 6.90. The van der Waals surface area contributed by atoms with E-state index in [1.165, 1.54) is 11.9 Å². The number of alkyl carbamates (subject to hydrolysis) is 1. The molecule has 1 aromatic heterocycles. The van der Waals surface area contributed by atoms with Gasteiger partial charge in [0.15, 0.2) is 0 Å². The van der Waals surface area contributed by atoms with Gasteiger partial charge in [-0.25, -0.2) is 14.6 Å². The number of amides is 3. The predicted octanol–water partition coefficient (Wildman–Crippen LogP) is 6.66. The lowest BCUT2D eigenvalue weighted by molar-refractivity contribution is 0.109. The summed E-state index contributed by atoms with van der Waals surface area (Å²) in [4.78, 5) is 31.3. The zero-order valence-electron chi connectivity index (χ0n) is 24.6. The van der Waals surface area contributed by atoms with Gasteiger partial charge < -0.3 is 25.8 Å². The zero-order chi connectivity index (χ0) is 30.1. The molecular weight excluding hydrogens is 571 g/mol. The molecule has 0 saturated heterocycles. The second-order valence-corrected chi connectivity index (χ2v) is 13.4. The van der Waals surface area contributed by atoms with Gasteiger partial charge in [-0.1, -0.05) is 36.4 Å². The van der Waals surface area contributed by atoms with Gasteiger partial charge in [0.05, 0.1) is 22.6 Å². The van der Waals surface area contributed by atoms with Crippen LogP contribution in [0.3, 0.4) is 0 Å². The molecule has 9 nitrogen and oxygen atoms in total. The number of aliphatic hydroxyl groups is 1. The minimum atomic E-state index is -0.494. The van der Waals surface area contributed by atoms with Gasteiger partial charge in [0.1, 0.15) is 0 Å². The molecule has 0 radical (unpaired) electrons. The molecule has 1 saturated carbocycles. The van der Waals surface area contributed by atoms with Crippen LogP contribution in [0.4, 0.5) is 15.3 Å². The number of anilines is 1. The molecule has 1 fully saturated rings. The second-order valence-electron chi connectivity index (χ2n) is 11.5. The van der Waals surface area contributed by atoms with Crippen molar-refractivity contribution in [1.29, 1.82) is 0 Å². The van der Waals surface area contributed by atoms with Crippen LogP contribution in [0, 0.1) is 0 Å². The standard InChI is InChI=1S/C31H41N5O4S2/c1-20(2)40-30(39)35-23-12-10-22(11-13-23)28-32-18-27(41-28)25-15-14-24(16-26(25)42-36-31(3,4)19-37)34-29(38)33-17-21-8-6-5-7-9-21/h5-9,14-16,18,20,22-23,36-37H,10-13,17,19H2,1-4H3,(H,35,39)(H2,33,34,38). The van der Waals surface area contributed by atoms with Crippen LogP contribution in [0.15, 0.2) is 59.6 Å². The first-order chi connectivity index (χ1) is 20.1. The van der Waals surface area contributed by atoms with Crippen LogP contribution in [0.25, 0.3) is 10.4 Å². The molecule has 42 heavy (non-hydrogen) atoms. The average molecular weight is 612 g/mol. The summed E-state index contributed by atoms with van der Waals surface area (Å²) >= 11 is 3.11. The zero-order valence-corrected chi connectivity index (χ0v) is 26.2. The number of benzene rings is 2. The van der Waals surface area contributed by atoms with Crippen molar-refractivity contribution < 1.29 is 19.4 Å². The number of carbonyl (C=O) groups is 2. The quantitative estimate of drug-likeness (QED) is 0.154. The molecule has 3 amide bonds. The van der Waals surface area contributed by atoms with Crippen LogP contribution in [0.5, 0.6) is 0 Å². The molecule has 0 spiro atoms. The van der Waals surface area contributed by atoms with Crippen molar-refractivity contribution in [2.45, 2.75) is 88.4 Å². The van der Waals surface area contributed by atoms with Crippen LogP contribution < -0.4 is 20.7 Å². The molecule has 2 aromatic carbocycles. The monoisotopic (exact) mass is 611 g/mol. The number of aliphatic hydroxyl groups excluding tert-OH is 1. The number of ether oxygens (including phenoxy) is 1. The smallest absolute Gasteiger partial charge is 0.407 e. The van der Waals surface area contributed by atoms with Crippen LogP contribution >= 0.6 is 23.3 Å². The Morgan fingerprint density at radius 3 is 2.55 bits per heavy atom. The van der Waals surface area contributed by atoms with E-state index in [4.69, 9.17) is 9.72 Å². The Bertz CT molecular complexity index is 1320. The van der Waals surface area contributed by atoms with Gasteiger partial charge in [0.25, 0.3) is 0 Å². The van der Waals surface area contributed by atoms with E-state index >= 15 is 0 Å². The molecule has 0 aliphatic heterocycles. The van der Waals surface area contributed by atoms with Gasteiger partial charge in [0.2, 0.25) is 0 Å². The maximum Gasteiger partial charge on any atom is 0.407 e. The maximum absolute atomic E-state index is 12.6. The van der Waals surface area contributed by atoms with E-state index in [0.29, 0.717) is 18.2 Å². The number of nitrogens with zero attached hydrogens (tertiary/aromatic N) is 1. The number of nitrogens with one attached hydrogen (secondary N) is 4. The Morgan fingerprint density at radius 2 is 1.86 bits per heavy atom. The summed E-state index contributed by atoms with van der Waals surface area (Å²) in [6.07, 6.45) is 5.12. The normalized spacial score (nSPS) is 17.1. The number of urea groups is 1. The topological polar surface area (TPSA) is 125 Å². The van der Waals surface area contributed by atoms with Crippen molar-refractivity contribution >= 4 is 41.1 Å². The Labute approximate surface area is 256 Å². The molecule has 3 aromatic rings. The van der Waals surface area contributed by atoms with E-state index in [2.05, 4.69) is 20.7 Å². The van der Waals surface area contributed by atoms with E-state index in [1.807, 2.05) is 82.4 Å². The first-order valence-corrected chi connectivity index (χ1v) is 16.0. The molecule has 11 heteroatoms. The predicted molar refractivity (Wildman–Crippen MR) is 170 cm³/mol. The summed E-state index contributed by atoms with van der Waals surface area (Å²) < 4.78 is 8.57. The van der Waals surface area contributed by atoms with Crippen molar-refractivity contribution in [1.82, 2.24) is 20.3 Å². The Kier molecular flexibility index (Phi) is 11.3. The molecule has 5 N–H and O–H groups in total. The summed E-state index contributed by atoms with van der Waals surface area (Å²) in [6.45, 7) is 7.96. The highest BCUT2D eigenvalue weighted by atomic mass is 32.2. The minimum Gasteiger partial charge on any atom is -0.447 e. The highest BCUT2D eigenvalue weighted by Crippen LogP contribution is 2.41. The highest BCUT2D eigenvalue weighted by molar-refractivity contribution is 7.97. The Balaban J connectivity index is 1.43. The fourth-order valence-electron chi connectivity index (χ4n) is 4.57. The molecule has 226 valence electrons. The number of carbonyl (C=O) groups excluding carboxylic acids is 2. The van der Waals surface area contributed by atoms with Crippen LogP contribution in [-0.4, -0.2) is 46.5 Å². The van der Waals surface area contributed by atoms with Crippen molar-refractivity contribution in [3.8, 4) is 10.4 Å². The summed E-state index contributed by atoms with van der Waals surface area (Å²) in [6, 6.07) is 15.4. The summed E-state index contributed by atoms with van der Waals surface area (Å²) in [5.74, 6) is 0.347. The third kappa shape index (κ3) is 9.45. The van der Waals surface area contributed by atoms with Gasteiger partial charge >= 0.3 is 12.1 Å². The lowest BCUT2D eigenvalue weighted by Crippen LogP contribution is -2.38. The van der Waals surface area contributed by atoms with E-state index in [0.717, 1.165) is 51.6 Å². The molecule has 1 heterocycles. The highest BCUT2D eigenvalue weighted by Gasteiger charge is 2.27. The van der Waals surface area contributed by atoms with E-state index in [-0.39, 0.29) is 30.9 Å². The van der Waals surface area contributed by atoms with Gasteiger partial charge in [0, 0.05) is 46.4 Å². The van der Waals surface area contributed by atoms with Crippen LogP contribution in [0.1, 0.15) is 69.9 Å². The molecule has 4 rings (SSSR count). The van der Waals surface area contributed by atoms with Gasteiger partial charge in [-0.3, -0.25) is 4.72 Å². The van der Waals surface area contributed by atoms with E-state index < -0.39 is 5.54 Å². The number of rotatable bonds is 11. The van der Waals surface area contributed by atoms with E-state index in [1.54, 1.807) is 11.3 Å². The fourth-order valence-corrected chi connectivity index (χ4v) is 6.68. The molecule has 1 aliphatic carbocycles. The molecule has 0 unspecified atom stereocenters. The minimum absolute atomic E-state index is 0.0212. The SMILES string of the molecule is CC(C)OC(=O)NC1CCC(c2ncc(-c3ccc(NC(=O)NCc4ccccc4)cc3SNC(C)(C)CO)s2)CC1. The number of hydrogen-bond donors (Lipinski definition) is 5. The first-order valence-electron chi connectivity index (χ1n) is 14.3. The largest absolute Gasteiger partial charge is 0.447 e. The molecule has 0 bridgehead atoms. The Morgan fingerprint density at radius 1 is 1.12 bits per heavy atom. The third-order valence-corrected chi connectivity index (χ3v) is 9.30. The molecule has 1 aliphatic rings.